The maximum atomic E-state index is 10.9. The van der Waals surface area contributed by atoms with Crippen LogP contribution in [0.3, 0.4) is 0 Å². The van der Waals surface area contributed by atoms with Crippen molar-refractivity contribution in [1.82, 2.24) is 5.32 Å². The Kier molecular flexibility index (Phi) is 5.58. The Hall–Kier alpha value is -2.07. The third-order valence-corrected chi connectivity index (χ3v) is 3.50. The third kappa shape index (κ3) is 5.08. The van der Waals surface area contributed by atoms with Crippen LogP contribution in [0.25, 0.3) is 0 Å². The van der Waals surface area contributed by atoms with Gasteiger partial charge in [-0.25, -0.2) is 0 Å². The standard InChI is InChI=1S/C17H21NO3/c1-13(8-9-16-7-4-10-21-16)18-12-15-6-3-2-5-14(15)11-17(19)20/h2-7,10,13,18H,8-9,11-12H2,1H3,(H,19,20). The van der Waals surface area contributed by atoms with E-state index in [1.165, 1.54) is 0 Å². The van der Waals surface area contributed by atoms with Crippen molar-refractivity contribution in [3.63, 3.8) is 0 Å². The molecule has 0 radical (unpaired) electrons. The molecule has 0 aliphatic heterocycles. The third-order valence-electron chi connectivity index (χ3n) is 3.50. The van der Waals surface area contributed by atoms with Gasteiger partial charge in [0.2, 0.25) is 0 Å². The van der Waals surface area contributed by atoms with Gasteiger partial charge in [-0.05, 0) is 36.6 Å². The molecule has 0 aliphatic rings. The van der Waals surface area contributed by atoms with E-state index < -0.39 is 5.97 Å². The van der Waals surface area contributed by atoms with Crippen LogP contribution in [0.4, 0.5) is 0 Å². The number of hydrogen-bond acceptors (Lipinski definition) is 3. The first-order valence-electron chi connectivity index (χ1n) is 7.19. The number of nitrogens with one attached hydrogen (secondary N) is 1. The minimum atomic E-state index is -0.798. The van der Waals surface area contributed by atoms with E-state index in [9.17, 15) is 4.79 Å². The second kappa shape index (κ2) is 7.64. The summed E-state index contributed by atoms with van der Waals surface area (Å²) in [7, 11) is 0. The molecule has 1 aromatic carbocycles. The molecule has 2 rings (SSSR count). The number of hydrogen-bond donors (Lipinski definition) is 2. The van der Waals surface area contributed by atoms with Gasteiger partial charge in [0.05, 0.1) is 12.7 Å². The second-order valence-corrected chi connectivity index (χ2v) is 5.24. The number of rotatable bonds is 8. The van der Waals surface area contributed by atoms with Crippen LogP contribution in [0.5, 0.6) is 0 Å². The Morgan fingerprint density at radius 3 is 2.67 bits per heavy atom. The molecule has 4 heteroatoms. The lowest BCUT2D eigenvalue weighted by Crippen LogP contribution is -2.26. The summed E-state index contributed by atoms with van der Waals surface area (Å²) in [5, 5.41) is 12.4. The van der Waals surface area contributed by atoms with Crippen molar-refractivity contribution >= 4 is 5.97 Å². The van der Waals surface area contributed by atoms with Crippen LogP contribution in [-0.2, 0) is 24.2 Å². The smallest absolute Gasteiger partial charge is 0.307 e. The maximum Gasteiger partial charge on any atom is 0.307 e. The Labute approximate surface area is 124 Å². The zero-order valence-electron chi connectivity index (χ0n) is 12.2. The fourth-order valence-electron chi connectivity index (χ4n) is 2.27. The van der Waals surface area contributed by atoms with Gasteiger partial charge < -0.3 is 14.8 Å². The summed E-state index contributed by atoms with van der Waals surface area (Å²) in [6.07, 6.45) is 3.64. The summed E-state index contributed by atoms with van der Waals surface area (Å²) >= 11 is 0. The first-order chi connectivity index (χ1) is 10.1. The molecule has 1 aromatic heterocycles. The highest BCUT2D eigenvalue weighted by Gasteiger charge is 2.08. The van der Waals surface area contributed by atoms with Crippen LogP contribution in [0.1, 0.15) is 30.2 Å². The monoisotopic (exact) mass is 287 g/mol. The molecule has 0 saturated carbocycles. The molecule has 1 heterocycles. The minimum absolute atomic E-state index is 0.0681. The van der Waals surface area contributed by atoms with E-state index in [0.717, 1.165) is 29.7 Å². The largest absolute Gasteiger partial charge is 0.481 e. The molecular formula is C17H21NO3. The van der Waals surface area contributed by atoms with E-state index in [0.29, 0.717) is 12.6 Å². The highest BCUT2D eigenvalue weighted by atomic mass is 16.4. The SMILES string of the molecule is CC(CCc1ccco1)NCc1ccccc1CC(=O)O. The van der Waals surface area contributed by atoms with E-state index in [4.69, 9.17) is 9.52 Å². The quantitative estimate of drug-likeness (QED) is 0.783. The van der Waals surface area contributed by atoms with Gasteiger partial charge in [0, 0.05) is 19.0 Å². The van der Waals surface area contributed by atoms with Gasteiger partial charge in [-0.1, -0.05) is 24.3 Å². The first-order valence-corrected chi connectivity index (χ1v) is 7.19. The summed E-state index contributed by atoms with van der Waals surface area (Å²) in [5.41, 5.74) is 1.92. The lowest BCUT2D eigenvalue weighted by molar-refractivity contribution is -0.136. The van der Waals surface area contributed by atoms with Gasteiger partial charge in [-0.3, -0.25) is 4.79 Å². The molecule has 0 amide bonds. The minimum Gasteiger partial charge on any atom is -0.481 e. The summed E-state index contributed by atoms with van der Waals surface area (Å²) < 4.78 is 5.32. The molecule has 1 unspecified atom stereocenters. The van der Waals surface area contributed by atoms with Gasteiger partial charge in [-0.2, -0.15) is 0 Å². The van der Waals surface area contributed by atoms with Gasteiger partial charge >= 0.3 is 5.97 Å². The molecule has 0 spiro atoms. The van der Waals surface area contributed by atoms with E-state index in [-0.39, 0.29) is 6.42 Å². The van der Waals surface area contributed by atoms with Crippen LogP contribution >= 0.6 is 0 Å². The maximum absolute atomic E-state index is 10.9. The second-order valence-electron chi connectivity index (χ2n) is 5.24. The number of carboxylic acid groups (broad SMARTS) is 1. The summed E-state index contributed by atoms with van der Waals surface area (Å²) in [6, 6.07) is 11.9. The van der Waals surface area contributed by atoms with Crippen molar-refractivity contribution in [2.24, 2.45) is 0 Å². The predicted molar refractivity (Wildman–Crippen MR) is 81.1 cm³/mol. The topological polar surface area (TPSA) is 62.5 Å². The van der Waals surface area contributed by atoms with Crippen LogP contribution in [0.15, 0.2) is 47.1 Å². The zero-order valence-corrected chi connectivity index (χ0v) is 12.2. The van der Waals surface area contributed by atoms with Crippen LogP contribution in [0.2, 0.25) is 0 Å². The highest BCUT2D eigenvalue weighted by molar-refractivity contribution is 5.70. The lowest BCUT2D eigenvalue weighted by Gasteiger charge is -2.15. The van der Waals surface area contributed by atoms with Crippen LogP contribution in [0, 0.1) is 0 Å². The Bertz CT molecular complexity index is 563. The summed E-state index contributed by atoms with van der Waals surface area (Å²) in [6.45, 7) is 2.81. The Morgan fingerprint density at radius 2 is 2.00 bits per heavy atom. The molecule has 4 nitrogen and oxygen atoms in total. The number of aryl methyl sites for hydroxylation is 1. The summed E-state index contributed by atoms with van der Waals surface area (Å²) in [5.74, 6) is 0.197. The molecule has 0 saturated heterocycles. The fraction of sp³-hybridized carbons (Fsp3) is 0.353. The van der Waals surface area contributed by atoms with Crippen molar-refractivity contribution in [2.45, 2.75) is 38.8 Å². The van der Waals surface area contributed by atoms with Gasteiger partial charge in [-0.15, -0.1) is 0 Å². The normalized spacial score (nSPS) is 12.2. The van der Waals surface area contributed by atoms with Crippen LogP contribution < -0.4 is 5.32 Å². The Balaban J connectivity index is 1.83. The molecule has 112 valence electrons. The molecule has 2 N–H and O–H groups in total. The fourth-order valence-corrected chi connectivity index (χ4v) is 2.27. The molecular weight excluding hydrogens is 266 g/mol. The molecule has 21 heavy (non-hydrogen) atoms. The van der Waals surface area contributed by atoms with Crippen molar-refractivity contribution in [3.8, 4) is 0 Å². The van der Waals surface area contributed by atoms with E-state index >= 15 is 0 Å². The van der Waals surface area contributed by atoms with Crippen molar-refractivity contribution in [1.29, 1.82) is 0 Å². The van der Waals surface area contributed by atoms with Crippen molar-refractivity contribution < 1.29 is 14.3 Å². The van der Waals surface area contributed by atoms with E-state index in [1.807, 2.05) is 36.4 Å². The average Bonchev–Trinajstić information content (AvgIpc) is 2.97. The number of carboxylic acids is 1. The number of furan rings is 1. The van der Waals surface area contributed by atoms with Crippen molar-refractivity contribution in [2.75, 3.05) is 0 Å². The van der Waals surface area contributed by atoms with Gasteiger partial charge in [0.15, 0.2) is 0 Å². The number of aliphatic carboxylic acids is 1. The Morgan fingerprint density at radius 1 is 1.24 bits per heavy atom. The predicted octanol–water partition coefficient (Wildman–Crippen LogP) is 3.02. The van der Waals surface area contributed by atoms with E-state index in [1.54, 1.807) is 6.26 Å². The average molecular weight is 287 g/mol. The van der Waals surface area contributed by atoms with Crippen LogP contribution in [-0.4, -0.2) is 17.1 Å². The highest BCUT2D eigenvalue weighted by Crippen LogP contribution is 2.11. The molecule has 1 atom stereocenters. The molecule has 0 fully saturated rings. The molecule has 0 bridgehead atoms. The molecule has 2 aromatic rings. The number of carbonyl (C=O) groups is 1. The van der Waals surface area contributed by atoms with Gasteiger partial charge in [0.1, 0.15) is 5.76 Å². The molecule has 0 aliphatic carbocycles. The van der Waals surface area contributed by atoms with E-state index in [2.05, 4.69) is 12.2 Å². The zero-order chi connectivity index (χ0) is 15.1. The first kappa shape index (κ1) is 15.3. The lowest BCUT2D eigenvalue weighted by atomic mass is 10.0. The summed E-state index contributed by atoms with van der Waals surface area (Å²) in [4.78, 5) is 10.9. The van der Waals surface area contributed by atoms with Crippen molar-refractivity contribution in [3.05, 3.63) is 59.5 Å². The van der Waals surface area contributed by atoms with Gasteiger partial charge in [0.25, 0.3) is 0 Å². The number of benzene rings is 1.